The second-order valence-corrected chi connectivity index (χ2v) is 9.44. The van der Waals surface area contributed by atoms with E-state index < -0.39 is 6.04 Å². The Bertz CT molecular complexity index is 930. The molecule has 0 unspecified atom stereocenters. The number of unbranched alkanes of at least 4 members (excludes halogenated alkanes) is 1. The van der Waals surface area contributed by atoms with Gasteiger partial charge < -0.3 is 15.0 Å². The lowest BCUT2D eigenvalue weighted by molar-refractivity contribution is -0.140. The molecule has 0 aliphatic heterocycles. The zero-order valence-corrected chi connectivity index (χ0v) is 21.3. The quantitative estimate of drug-likeness (QED) is 0.289. The van der Waals surface area contributed by atoms with Gasteiger partial charge in [0.1, 0.15) is 17.7 Å². The summed E-state index contributed by atoms with van der Waals surface area (Å²) in [6.07, 6.45) is 7.34. The Labute approximate surface area is 212 Å². The Kier molecular flexibility index (Phi) is 10.5. The van der Waals surface area contributed by atoms with Crippen LogP contribution in [0.15, 0.2) is 48.5 Å². The van der Waals surface area contributed by atoms with Crippen LogP contribution in [0.1, 0.15) is 69.0 Å². The van der Waals surface area contributed by atoms with Gasteiger partial charge in [0.2, 0.25) is 11.8 Å². The SMILES string of the molecule is CCCCOc1ccc([C@H](C(=O)NC2CCCCC2)N(Cc2ccccc2Cl)C(=O)CCl)cc1. The van der Waals surface area contributed by atoms with Crippen molar-refractivity contribution in [1.29, 1.82) is 0 Å². The van der Waals surface area contributed by atoms with Crippen molar-refractivity contribution in [3.8, 4) is 5.75 Å². The van der Waals surface area contributed by atoms with Gasteiger partial charge >= 0.3 is 0 Å². The Hall–Kier alpha value is -2.24. The second kappa shape index (κ2) is 13.6. The van der Waals surface area contributed by atoms with Crippen molar-refractivity contribution >= 4 is 35.0 Å². The minimum atomic E-state index is -0.825. The smallest absolute Gasteiger partial charge is 0.247 e. The Morgan fingerprint density at radius 1 is 1.09 bits per heavy atom. The van der Waals surface area contributed by atoms with E-state index in [0.717, 1.165) is 49.8 Å². The summed E-state index contributed by atoms with van der Waals surface area (Å²) >= 11 is 12.4. The molecule has 2 amide bonds. The minimum Gasteiger partial charge on any atom is -0.494 e. The number of hydrogen-bond acceptors (Lipinski definition) is 3. The van der Waals surface area contributed by atoms with Gasteiger partial charge in [-0.15, -0.1) is 11.6 Å². The van der Waals surface area contributed by atoms with E-state index in [2.05, 4.69) is 12.2 Å². The molecule has 5 nitrogen and oxygen atoms in total. The molecule has 1 N–H and O–H groups in total. The van der Waals surface area contributed by atoms with Crippen molar-refractivity contribution in [2.45, 2.75) is 70.5 Å². The lowest BCUT2D eigenvalue weighted by Crippen LogP contribution is -2.47. The van der Waals surface area contributed by atoms with E-state index >= 15 is 0 Å². The van der Waals surface area contributed by atoms with Crippen LogP contribution < -0.4 is 10.1 Å². The first-order valence-corrected chi connectivity index (χ1v) is 13.1. The fraction of sp³-hybridized carbons (Fsp3) is 0.481. The summed E-state index contributed by atoms with van der Waals surface area (Å²) in [4.78, 5) is 28.2. The zero-order chi connectivity index (χ0) is 24.3. The van der Waals surface area contributed by atoms with E-state index in [1.165, 1.54) is 11.3 Å². The number of carbonyl (C=O) groups excluding carboxylic acids is 2. The molecule has 2 aromatic rings. The molecule has 1 aliphatic rings. The number of rotatable bonds is 11. The maximum Gasteiger partial charge on any atom is 0.247 e. The predicted octanol–water partition coefficient (Wildman–Crippen LogP) is 6.28. The first-order chi connectivity index (χ1) is 16.5. The van der Waals surface area contributed by atoms with Crippen molar-refractivity contribution in [2.24, 2.45) is 0 Å². The summed E-state index contributed by atoms with van der Waals surface area (Å²) < 4.78 is 5.78. The first kappa shape index (κ1) is 26.4. The molecule has 1 atom stereocenters. The summed E-state index contributed by atoms with van der Waals surface area (Å²) in [6.45, 7) is 2.94. The Morgan fingerprint density at radius 2 is 1.79 bits per heavy atom. The van der Waals surface area contributed by atoms with Crippen LogP contribution in [0.25, 0.3) is 0 Å². The molecule has 0 bridgehead atoms. The van der Waals surface area contributed by atoms with Crippen LogP contribution in [0.3, 0.4) is 0 Å². The Balaban J connectivity index is 1.91. The monoisotopic (exact) mass is 504 g/mol. The Morgan fingerprint density at radius 3 is 2.44 bits per heavy atom. The molecule has 1 fully saturated rings. The fourth-order valence-electron chi connectivity index (χ4n) is 4.29. The standard InChI is InChI=1S/C27H34Cl2N2O3/c1-2-3-17-34-23-15-13-20(14-16-23)26(27(33)30-22-10-5-4-6-11-22)31(25(32)18-28)19-21-9-7-8-12-24(21)29/h7-9,12-16,22,26H,2-6,10-11,17-19H2,1H3,(H,30,33)/t26-/m1/s1. The molecule has 0 aromatic heterocycles. The van der Waals surface area contributed by atoms with Crippen LogP contribution in [-0.4, -0.2) is 35.2 Å². The molecule has 0 radical (unpaired) electrons. The highest BCUT2D eigenvalue weighted by atomic mass is 35.5. The van der Waals surface area contributed by atoms with E-state index in [4.69, 9.17) is 27.9 Å². The highest BCUT2D eigenvalue weighted by Crippen LogP contribution is 2.29. The number of amides is 2. The number of ether oxygens (including phenoxy) is 1. The molecular formula is C27H34Cl2N2O3. The molecule has 1 aliphatic carbocycles. The fourth-order valence-corrected chi connectivity index (χ4v) is 4.64. The van der Waals surface area contributed by atoms with E-state index in [1.807, 2.05) is 42.5 Å². The van der Waals surface area contributed by atoms with Gasteiger partial charge in [0.05, 0.1) is 6.61 Å². The van der Waals surface area contributed by atoms with Crippen molar-refractivity contribution in [3.63, 3.8) is 0 Å². The van der Waals surface area contributed by atoms with Crippen LogP contribution in [-0.2, 0) is 16.1 Å². The van der Waals surface area contributed by atoms with Crippen molar-refractivity contribution in [2.75, 3.05) is 12.5 Å². The molecule has 184 valence electrons. The van der Waals surface area contributed by atoms with Crippen LogP contribution in [0.5, 0.6) is 5.75 Å². The van der Waals surface area contributed by atoms with Gasteiger partial charge in [0, 0.05) is 17.6 Å². The summed E-state index contributed by atoms with van der Waals surface area (Å²) in [5.41, 5.74) is 1.47. The molecule has 2 aromatic carbocycles. The van der Waals surface area contributed by atoms with E-state index in [1.54, 1.807) is 6.07 Å². The number of carbonyl (C=O) groups is 2. The number of hydrogen-bond donors (Lipinski definition) is 1. The zero-order valence-electron chi connectivity index (χ0n) is 19.8. The molecule has 7 heteroatoms. The molecule has 0 heterocycles. The van der Waals surface area contributed by atoms with Crippen LogP contribution in [0.2, 0.25) is 5.02 Å². The van der Waals surface area contributed by atoms with Crippen molar-refractivity contribution in [3.05, 3.63) is 64.7 Å². The van der Waals surface area contributed by atoms with Gasteiger partial charge in [-0.3, -0.25) is 9.59 Å². The van der Waals surface area contributed by atoms with Crippen molar-refractivity contribution in [1.82, 2.24) is 10.2 Å². The topological polar surface area (TPSA) is 58.6 Å². The average molecular weight is 505 g/mol. The van der Waals surface area contributed by atoms with E-state index in [0.29, 0.717) is 17.2 Å². The lowest BCUT2D eigenvalue weighted by atomic mass is 9.94. The van der Waals surface area contributed by atoms with Crippen molar-refractivity contribution < 1.29 is 14.3 Å². The minimum absolute atomic E-state index is 0.119. The summed E-state index contributed by atoms with van der Waals surface area (Å²) in [6, 6.07) is 14.0. The number of halogens is 2. The highest BCUT2D eigenvalue weighted by Gasteiger charge is 2.33. The molecule has 34 heavy (non-hydrogen) atoms. The maximum atomic E-state index is 13.6. The average Bonchev–Trinajstić information content (AvgIpc) is 2.86. The summed E-state index contributed by atoms with van der Waals surface area (Å²) in [7, 11) is 0. The molecule has 1 saturated carbocycles. The number of nitrogens with zero attached hydrogens (tertiary/aromatic N) is 1. The first-order valence-electron chi connectivity index (χ1n) is 12.2. The summed E-state index contributed by atoms with van der Waals surface area (Å²) in [5, 5.41) is 3.74. The molecule has 0 saturated heterocycles. The van der Waals surface area contributed by atoms with Crippen LogP contribution in [0.4, 0.5) is 0 Å². The number of benzene rings is 2. The van der Waals surface area contributed by atoms with Gasteiger partial charge in [0.15, 0.2) is 0 Å². The normalized spacial score (nSPS) is 14.9. The van der Waals surface area contributed by atoms with Gasteiger partial charge in [-0.2, -0.15) is 0 Å². The second-order valence-electron chi connectivity index (χ2n) is 8.76. The number of alkyl halides is 1. The van der Waals surface area contributed by atoms with Crippen LogP contribution in [0, 0.1) is 0 Å². The van der Waals surface area contributed by atoms with Gasteiger partial charge in [-0.25, -0.2) is 0 Å². The molecule has 3 rings (SSSR count). The number of nitrogens with one attached hydrogen (secondary N) is 1. The third kappa shape index (κ3) is 7.38. The lowest BCUT2D eigenvalue weighted by Gasteiger charge is -2.33. The van der Waals surface area contributed by atoms with E-state index in [-0.39, 0.29) is 30.3 Å². The van der Waals surface area contributed by atoms with Crippen LogP contribution >= 0.6 is 23.2 Å². The summed E-state index contributed by atoms with van der Waals surface area (Å²) in [5.74, 6) is -0.00809. The highest BCUT2D eigenvalue weighted by molar-refractivity contribution is 6.31. The van der Waals surface area contributed by atoms with Gasteiger partial charge in [0.25, 0.3) is 0 Å². The molecular weight excluding hydrogens is 471 g/mol. The largest absolute Gasteiger partial charge is 0.494 e. The third-order valence-electron chi connectivity index (χ3n) is 6.21. The van der Waals surface area contributed by atoms with Gasteiger partial charge in [-0.1, -0.05) is 74.5 Å². The van der Waals surface area contributed by atoms with E-state index in [9.17, 15) is 9.59 Å². The maximum absolute atomic E-state index is 13.6. The predicted molar refractivity (Wildman–Crippen MR) is 137 cm³/mol. The third-order valence-corrected chi connectivity index (χ3v) is 6.80. The molecule has 0 spiro atoms. The van der Waals surface area contributed by atoms with Gasteiger partial charge in [-0.05, 0) is 48.6 Å².